The number of halogens is 1. The lowest BCUT2D eigenvalue weighted by Crippen LogP contribution is -2.34. The predicted octanol–water partition coefficient (Wildman–Crippen LogP) is 4.77. The number of likely N-dealkylation sites (tertiary alicyclic amines) is 1. The third-order valence-electron chi connectivity index (χ3n) is 5.69. The van der Waals surface area contributed by atoms with Gasteiger partial charge in [0.25, 0.3) is 0 Å². The number of benzene rings is 2. The first-order valence-electron chi connectivity index (χ1n) is 9.18. The highest BCUT2D eigenvalue weighted by Gasteiger charge is 2.32. The second-order valence-electron chi connectivity index (χ2n) is 7.36. The first-order valence-corrected chi connectivity index (χ1v) is 9.18. The molecule has 4 rings (SSSR count). The van der Waals surface area contributed by atoms with E-state index in [2.05, 4.69) is 47.4 Å². The Balaban J connectivity index is 0.00000182. The maximum atomic E-state index is 12.6. The van der Waals surface area contributed by atoms with Crippen molar-refractivity contribution in [2.75, 3.05) is 13.1 Å². The standard InChI is InChI=1S/C22H25NO.ClH/c24-22-20(15-19-8-4-5-9-21(19)22)14-17-10-12-23(13-11-17)16-18-6-2-1-3-7-18;/h1-9,17,20H,10-16H2;1H. The molecule has 0 spiro atoms. The van der Waals surface area contributed by atoms with Gasteiger partial charge in [-0.2, -0.15) is 0 Å². The van der Waals surface area contributed by atoms with Crippen molar-refractivity contribution in [1.82, 2.24) is 4.90 Å². The summed E-state index contributed by atoms with van der Waals surface area (Å²) in [7, 11) is 0. The van der Waals surface area contributed by atoms with Gasteiger partial charge in [-0.25, -0.2) is 0 Å². The summed E-state index contributed by atoms with van der Waals surface area (Å²) >= 11 is 0. The van der Waals surface area contributed by atoms with Crippen LogP contribution in [0.25, 0.3) is 0 Å². The maximum Gasteiger partial charge on any atom is 0.166 e. The molecule has 1 fully saturated rings. The van der Waals surface area contributed by atoms with Crippen molar-refractivity contribution in [2.24, 2.45) is 11.8 Å². The fourth-order valence-electron chi connectivity index (χ4n) is 4.33. The van der Waals surface area contributed by atoms with Gasteiger partial charge in [0.1, 0.15) is 0 Å². The summed E-state index contributed by atoms with van der Waals surface area (Å²) in [5.41, 5.74) is 3.63. The highest BCUT2D eigenvalue weighted by molar-refractivity contribution is 6.02. The van der Waals surface area contributed by atoms with Gasteiger partial charge in [0, 0.05) is 18.0 Å². The molecular weight excluding hydrogens is 330 g/mol. The van der Waals surface area contributed by atoms with Gasteiger partial charge in [-0.1, -0.05) is 54.6 Å². The van der Waals surface area contributed by atoms with Crippen LogP contribution in [-0.2, 0) is 13.0 Å². The quantitative estimate of drug-likeness (QED) is 0.787. The maximum absolute atomic E-state index is 12.6. The van der Waals surface area contributed by atoms with Crippen LogP contribution in [0.1, 0.15) is 40.7 Å². The minimum atomic E-state index is 0. The SMILES string of the molecule is Cl.O=C1c2ccccc2CC1CC1CCN(Cc2ccccc2)CC1. The minimum Gasteiger partial charge on any atom is -0.299 e. The number of hydrogen-bond acceptors (Lipinski definition) is 2. The van der Waals surface area contributed by atoms with Gasteiger partial charge in [0.15, 0.2) is 5.78 Å². The largest absolute Gasteiger partial charge is 0.299 e. The van der Waals surface area contributed by atoms with E-state index >= 15 is 0 Å². The molecule has 1 heterocycles. The number of piperidine rings is 1. The number of carbonyl (C=O) groups is 1. The third-order valence-corrected chi connectivity index (χ3v) is 5.69. The van der Waals surface area contributed by atoms with E-state index in [0.29, 0.717) is 11.7 Å². The van der Waals surface area contributed by atoms with Crippen LogP contribution in [0.3, 0.4) is 0 Å². The zero-order valence-electron chi connectivity index (χ0n) is 14.6. The van der Waals surface area contributed by atoms with E-state index in [0.717, 1.165) is 38.0 Å². The molecular formula is C22H26ClNO. The van der Waals surface area contributed by atoms with Crippen molar-refractivity contribution in [2.45, 2.75) is 32.2 Å². The fourth-order valence-corrected chi connectivity index (χ4v) is 4.33. The molecule has 2 aliphatic rings. The molecule has 1 unspecified atom stereocenters. The van der Waals surface area contributed by atoms with E-state index in [9.17, 15) is 4.79 Å². The summed E-state index contributed by atoms with van der Waals surface area (Å²) in [4.78, 5) is 15.1. The number of Topliss-reactive ketones (excluding diaryl/α,β-unsaturated/α-hetero) is 1. The Morgan fingerprint density at radius 1 is 0.920 bits per heavy atom. The lowest BCUT2D eigenvalue weighted by Gasteiger charge is -2.32. The molecule has 0 saturated carbocycles. The van der Waals surface area contributed by atoms with Crippen LogP contribution in [0, 0.1) is 11.8 Å². The van der Waals surface area contributed by atoms with Crippen LogP contribution in [0.4, 0.5) is 0 Å². The third kappa shape index (κ3) is 4.13. The minimum absolute atomic E-state index is 0. The van der Waals surface area contributed by atoms with Crippen molar-refractivity contribution >= 4 is 18.2 Å². The van der Waals surface area contributed by atoms with Crippen molar-refractivity contribution in [3.8, 4) is 0 Å². The van der Waals surface area contributed by atoms with E-state index in [1.54, 1.807) is 0 Å². The molecule has 1 saturated heterocycles. The van der Waals surface area contributed by atoms with Crippen molar-refractivity contribution in [3.05, 3.63) is 71.3 Å². The van der Waals surface area contributed by atoms with E-state index in [-0.39, 0.29) is 18.3 Å². The summed E-state index contributed by atoms with van der Waals surface area (Å²) < 4.78 is 0. The first-order chi connectivity index (χ1) is 11.8. The number of ketones is 1. The molecule has 0 bridgehead atoms. The Labute approximate surface area is 156 Å². The van der Waals surface area contributed by atoms with E-state index in [1.165, 1.54) is 24.0 Å². The van der Waals surface area contributed by atoms with Crippen LogP contribution in [0.2, 0.25) is 0 Å². The van der Waals surface area contributed by atoms with E-state index < -0.39 is 0 Å². The normalized spacial score (nSPS) is 21.0. The summed E-state index contributed by atoms with van der Waals surface area (Å²) in [6.45, 7) is 3.38. The summed E-state index contributed by atoms with van der Waals surface area (Å²) in [5.74, 6) is 1.32. The number of fused-ring (bicyclic) bond motifs is 1. The Morgan fingerprint density at radius 2 is 1.60 bits per heavy atom. The highest BCUT2D eigenvalue weighted by atomic mass is 35.5. The second-order valence-corrected chi connectivity index (χ2v) is 7.36. The zero-order chi connectivity index (χ0) is 16.4. The molecule has 1 aliphatic heterocycles. The van der Waals surface area contributed by atoms with Gasteiger partial charge >= 0.3 is 0 Å². The molecule has 2 nitrogen and oxygen atoms in total. The summed E-state index contributed by atoms with van der Waals surface area (Å²) in [5, 5.41) is 0. The predicted molar refractivity (Wildman–Crippen MR) is 104 cm³/mol. The Kier molecular flexibility index (Phi) is 5.93. The smallest absolute Gasteiger partial charge is 0.166 e. The molecule has 25 heavy (non-hydrogen) atoms. The van der Waals surface area contributed by atoms with Gasteiger partial charge in [0.2, 0.25) is 0 Å². The number of nitrogens with zero attached hydrogens (tertiary/aromatic N) is 1. The molecule has 1 atom stereocenters. The van der Waals surface area contributed by atoms with Crippen molar-refractivity contribution < 1.29 is 4.79 Å². The van der Waals surface area contributed by atoms with Crippen LogP contribution in [-0.4, -0.2) is 23.8 Å². The van der Waals surface area contributed by atoms with Crippen LogP contribution >= 0.6 is 12.4 Å². The van der Waals surface area contributed by atoms with Crippen LogP contribution < -0.4 is 0 Å². The highest BCUT2D eigenvalue weighted by Crippen LogP contribution is 2.34. The second kappa shape index (κ2) is 8.16. The number of rotatable bonds is 4. The molecule has 0 N–H and O–H groups in total. The monoisotopic (exact) mass is 355 g/mol. The van der Waals surface area contributed by atoms with Crippen LogP contribution in [0.15, 0.2) is 54.6 Å². The van der Waals surface area contributed by atoms with Crippen LogP contribution in [0.5, 0.6) is 0 Å². The van der Waals surface area contributed by atoms with Gasteiger partial charge in [-0.05, 0) is 55.8 Å². The van der Waals surface area contributed by atoms with Gasteiger partial charge in [-0.15, -0.1) is 12.4 Å². The Hall–Kier alpha value is -1.64. The van der Waals surface area contributed by atoms with Crippen molar-refractivity contribution in [3.63, 3.8) is 0 Å². The molecule has 0 radical (unpaired) electrons. The first kappa shape index (κ1) is 18.2. The number of hydrogen-bond donors (Lipinski definition) is 0. The van der Waals surface area contributed by atoms with Gasteiger partial charge in [0.05, 0.1) is 0 Å². The lowest BCUT2D eigenvalue weighted by molar-refractivity contribution is 0.0896. The van der Waals surface area contributed by atoms with E-state index in [4.69, 9.17) is 0 Å². The zero-order valence-corrected chi connectivity index (χ0v) is 15.4. The molecule has 0 aromatic heterocycles. The lowest BCUT2D eigenvalue weighted by atomic mass is 9.85. The fraction of sp³-hybridized carbons (Fsp3) is 0.409. The topological polar surface area (TPSA) is 20.3 Å². The van der Waals surface area contributed by atoms with Gasteiger partial charge in [-0.3, -0.25) is 9.69 Å². The average Bonchev–Trinajstić information content (AvgIpc) is 2.94. The molecule has 3 heteroatoms. The van der Waals surface area contributed by atoms with E-state index in [1.807, 2.05) is 12.1 Å². The summed E-state index contributed by atoms with van der Waals surface area (Å²) in [6.07, 6.45) is 4.49. The van der Waals surface area contributed by atoms with Crippen molar-refractivity contribution in [1.29, 1.82) is 0 Å². The Morgan fingerprint density at radius 3 is 2.32 bits per heavy atom. The molecule has 1 aliphatic carbocycles. The number of carbonyl (C=O) groups excluding carboxylic acids is 1. The molecule has 2 aromatic rings. The molecule has 132 valence electrons. The molecule has 2 aromatic carbocycles. The summed E-state index contributed by atoms with van der Waals surface area (Å²) in [6, 6.07) is 18.9. The molecule has 0 amide bonds. The average molecular weight is 356 g/mol. The van der Waals surface area contributed by atoms with Gasteiger partial charge < -0.3 is 0 Å². The Bertz CT molecular complexity index is 707.